The fourth-order valence-corrected chi connectivity index (χ4v) is 4.74. The molecule has 124 valence electrons. The third kappa shape index (κ3) is 3.77. The summed E-state index contributed by atoms with van der Waals surface area (Å²) < 4.78 is 30.7. The number of rotatable bonds is 5. The normalized spacial score (nSPS) is 11.6. The molecule has 24 heavy (non-hydrogen) atoms. The summed E-state index contributed by atoms with van der Waals surface area (Å²) in [6.45, 7) is 0.164. The molecule has 3 rings (SSSR count). The van der Waals surface area contributed by atoms with E-state index < -0.39 is 10.0 Å². The number of halogens is 2. The second kappa shape index (κ2) is 7.18. The van der Waals surface area contributed by atoms with E-state index in [-0.39, 0.29) is 11.4 Å². The molecular formula is C16H13Br2N3O2S. The molecule has 0 fully saturated rings. The maximum absolute atomic E-state index is 12.6. The van der Waals surface area contributed by atoms with Crippen LogP contribution >= 0.6 is 31.9 Å². The predicted molar refractivity (Wildman–Crippen MR) is 99.4 cm³/mol. The summed E-state index contributed by atoms with van der Waals surface area (Å²) >= 11 is 6.58. The van der Waals surface area contributed by atoms with Crippen molar-refractivity contribution in [3.8, 4) is 5.69 Å². The minimum Gasteiger partial charge on any atom is -0.241 e. The van der Waals surface area contributed by atoms with E-state index in [4.69, 9.17) is 0 Å². The molecule has 0 spiro atoms. The molecule has 1 aromatic heterocycles. The molecule has 0 amide bonds. The summed E-state index contributed by atoms with van der Waals surface area (Å²) in [6, 6.07) is 14.4. The second-order valence-electron chi connectivity index (χ2n) is 4.98. The van der Waals surface area contributed by atoms with Gasteiger partial charge in [0.25, 0.3) is 0 Å². The highest BCUT2D eigenvalue weighted by molar-refractivity contribution is 9.11. The number of hydrogen-bond donors (Lipinski definition) is 1. The number of nitrogens with zero attached hydrogens (tertiary/aromatic N) is 2. The lowest BCUT2D eigenvalue weighted by Crippen LogP contribution is -2.24. The molecule has 0 radical (unpaired) electrons. The van der Waals surface area contributed by atoms with Crippen molar-refractivity contribution in [3.63, 3.8) is 0 Å². The Morgan fingerprint density at radius 1 is 1.08 bits per heavy atom. The van der Waals surface area contributed by atoms with Gasteiger partial charge in [-0.3, -0.25) is 0 Å². The summed E-state index contributed by atoms with van der Waals surface area (Å²) in [5, 5.41) is 4.20. The van der Waals surface area contributed by atoms with E-state index in [1.165, 1.54) is 0 Å². The number of benzene rings is 2. The van der Waals surface area contributed by atoms with Crippen LogP contribution < -0.4 is 4.72 Å². The van der Waals surface area contributed by atoms with Gasteiger partial charge in [0.15, 0.2) is 0 Å². The fourth-order valence-electron chi connectivity index (χ4n) is 2.23. The zero-order chi connectivity index (χ0) is 17.2. The van der Waals surface area contributed by atoms with Crippen molar-refractivity contribution in [1.29, 1.82) is 0 Å². The molecule has 0 aliphatic carbocycles. The average Bonchev–Trinajstić information content (AvgIpc) is 3.10. The highest BCUT2D eigenvalue weighted by Crippen LogP contribution is 2.26. The maximum atomic E-state index is 12.6. The van der Waals surface area contributed by atoms with Gasteiger partial charge in [-0.05, 0) is 51.8 Å². The van der Waals surface area contributed by atoms with Gasteiger partial charge in [-0.25, -0.2) is 17.8 Å². The van der Waals surface area contributed by atoms with Crippen molar-refractivity contribution in [2.24, 2.45) is 0 Å². The topological polar surface area (TPSA) is 64.0 Å². The molecule has 0 saturated carbocycles. The van der Waals surface area contributed by atoms with Crippen molar-refractivity contribution in [3.05, 3.63) is 75.4 Å². The number of aromatic nitrogens is 2. The van der Waals surface area contributed by atoms with Crippen LogP contribution in [0.25, 0.3) is 5.69 Å². The molecule has 0 bridgehead atoms. The van der Waals surface area contributed by atoms with Crippen molar-refractivity contribution in [1.82, 2.24) is 14.5 Å². The second-order valence-corrected chi connectivity index (χ2v) is 8.48. The van der Waals surface area contributed by atoms with E-state index in [2.05, 4.69) is 41.7 Å². The van der Waals surface area contributed by atoms with Gasteiger partial charge in [-0.1, -0.05) is 34.1 Å². The van der Waals surface area contributed by atoms with Crippen LogP contribution in [0.3, 0.4) is 0 Å². The third-order valence-corrected chi connectivity index (χ3v) is 6.27. The minimum atomic E-state index is -3.65. The molecule has 0 aliphatic heterocycles. The van der Waals surface area contributed by atoms with Crippen molar-refractivity contribution in [2.45, 2.75) is 11.4 Å². The molecule has 0 saturated heterocycles. The lowest BCUT2D eigenvalue weighted by atomic mass is 10.2. The van der Waals surface area contributed by atoms with Crippen LogP contribution in [0, 0.1) is 0 Å². The first-order valence-corrected chi connectivity index (χ1v) is 10.1. The Bertz CT molecular complexity index is 957. The monoisotopic (exact) mass is 469 g/mol. The van der Waals surface area contributed by atoms with Gasteiger partial charge in [0.2, 0.25) is 10.0 Å². The highest BCUT2D eigenvalue weighted by Gasteiger charge is 2.18. The van der Waals surface area contributed by atoms with Gasteiger partial charge < -0.3 is 0 Å². The standard InChI is InChI=1S/C16H13Br2N3O2S/c17-13-6-7-14(18)16(10-13)24(22,23)20-11-12-4-1-2-5-15(12)21-9-3-8-19-21/h1-10,20H,11H2. The minimum absolute atomic E-state index is 0.164. The van der Waals surface area contributed by atoms with Gasteiger partial charge in [0, 0.05) is 27.9 Å². The maximum Gasteiger partial charge on any atom is 0.242 e. The molecule has 8 heteroatoms. The van der Waals surface area contributed by atoms with E-state index in [1.807, 2.05) is 36.5 Å². The Kier molecular flexibility index (Phi) is 5.19. The zero-order valence-electron chi connectivity index (χ0n) is 12.4. The summed E-state index contributed by atoms with van der Waals surface area (Å²) in [5.41, 5.74) is 1.66. The first-order chi connectivity index (χ1) is 11.5. The average molecular weight is 471 g/mol. The van der Waals surface area contributed by atoms with Crippen LogP contribution in [-0.2, 0) is 16.6 Å². The van der Waals surface area contributed by atoms with E-state index >= 15 is 0 Å². The molecule has 0 atom stereocenters. The fraction of sp³-hybridized carbons (Fsp3) is 0.0625. The van der Waals surface area contributed by atoms with Crippen LogP contribution in [0.15, 0.2) is 74.8 Å². The summed E-state index contributed by atoms with van der Waals surface area (Å²) in [7, 11) is -3.65. The van der Waals surface area contributed by atoms with Crippen molar-refractivity contribution in [2.75, 3.05) is 0 Å². The van der Waals surface area contributed by atoms with Crippen molar-refractivity contribution >= 4 is 41.9 Å². The lowest BCUT2D eigenvalue weighted by molar-refractivity contribution is 0.580. The van der Waals surface area contributed by atoms with E-state index in [0.717, 1.165) is 11.3 Å². The summed E-state index contributed by atoms with van der Waals surface area (Å²) in [6.07, 6.45) is 3.50. The van der Waals surface area contributed by atoms with E-state index in [9.17, 15) is 8.42 Å². The lowest BCUT2D eigenvalue weighted by Gasteiger charge is -2.12. The van der Waals surface area contributed by atoms with Crippen LogP contribution in [-0.4, -0.2) is 18.2 Å². The molecular weight excluding hydrogens is 458 g/mol. The van der Waals surface area contributed by atoms with Crippen LogP contribution in [0.2, 0.25) is 0 Å². The van der Waals surface area contributed by atoms with Crippen LogP contribution in [0.5, 0.6) is 0 Å². The number of para-hydroxylation sites is 1. The molecule has 0 unspecified atom stereocenters. The molecule has 5 nitrogen and oxygen atoms in total. The summed E-state index contributed by atoms with van der Waals surface area (Å²) in [5.74, 6) is 0. The number of nitrogens with one attached hydrogen (secondary N) is 1. The van der Waals surface area contributed by atoms with Crippen LogP contribution in [0.1, 0.15) is 5.56 Å². The smallest absolute Gasteiger partial charge is 0.241 e. The summed E-state index contributed by atoms with van der Waals surface area (Å²) in [4.78, 5) is 0.188. The predicted octanol–water partition coefficient (Wildman–Crippen LogP) is 3.88. The Labute approximate surface area is 157 Å². The van der Waals surface area contributed by atoms with E-state index in [1.54, 1.807) is 29.1 Å². The number of hydrogen-bond acceptors (Lipinski definition) is 3. The Hall–Kier alpha value is -1.48. The first-order valence-electron chi connectivity index (χ1n) is 7.00. The van der Waals surface area contributed by atoms with Gasteiger partial charge in [-0.2, -0.15) is 5.10 Å². The van der Waals surface area contributed by atoms with Crippen LogP contribution in [0.4, 0.5) is 0 Å². The third-order valence-electron chi connectivity index (χ3n) is 3.38. The van der Waals surface area contributed by atoms with E-state index in [0.29, 0.717) is 8.95 Å². The van der Waals surface area contributed by atoms with Gasteiger partial charge >= 0.3 is 0 Å². The van der Waals surface area contributed by atoms with Crippen molar-refractivity contribution < 1.29 is 8.42 Å². The van der Waals surface area contributed by atoms with Gasteiger partial charge in [0.1, 0.15) is 0 Å². The molecule has 2 aromatic carbocycles. The molecule has 1 heterocycles. The first kappa shape index (κ1) is 17.3. The molecule has 1 N–H and O–H groups in total. The SMILES string of the molecule is O=S(=O)(NCc1ccccc1-n1cccn1)c1cc(Br)ccc1Br. The quantitative estimate of drug-likeness (QED) is 0.615. The Morgan fingerprint density at radius 3 is 2.62 bits per heavy atom. The highest BCUT2D eigenvalue weighted by atomic mass is 79.9. The van der Waals surface area contributed by atoms with Gasteiger partial charge in [0.05, 0.1) is 10.6 Å². The van der Waals surface area contributed by atoms with Gasteiger partial charge in [-0.15, -0.1) is 0 Å². The largest absolute Gasteiger partial charge is 0.242 e. The number of sulfonamides is 1. The Balaban J connectivity index is 1.87. The molecule has 0 aliphatic rings. The molecule has 3 aromatic rings. The zero-order valence-corrected chi connectivity index (χ0v) is 16.3. The Morgan fingerprint density at radius 2 is 1.88 bits per heavy atom.